The number of nitrogens with one attached hydrogen (secondary N) is 1. The zero-order valence-electron chi connectivity index (χ0n) is 13.9. The second-order valence-corrected chi connectivity index (χ2v) is 8.44. The van der Waals surface area contributed by atoms with Crippen LogP contribution in [-0.2, 0) is 20.8 Å². The van der Waals surface area contributed by atoms with Crippen molar-refractivity contribution >= 4 is 21.6 Å². The number of aromatic nitrogens is 1. The molecule has 1 aromatic heterocycles. The van der Waals surface area contributed by atoms with Crippen LogP contribution in [0.5, 0.6) is 0 Å². The summed E-state index contributed by atoms with van der Waals surface area (Å²) in [5, 5.41) is 1.98. The molecule has 0 atom stereocenters. The van der Waals surface area contributed by atoms with Crippen LogP contribution < -0.4 is 5.32 Å². The van der Waals surface area contributed by atoms with E-state index in [0.717, 1.165) is 20.0 Å². The molecule has 1 aromatic carbocycles. The Balaban J connectivity index is 2.37. The first-order valence-electron chi connectivity index (χ1n) is 7.31. The predicted molar refractivity (Wildman–Crippen MR) is 85.5 cm³/mol. The van der Waals surface area contributed by atoms with Gasteiger partial charge in [0, 0.05) is 12.3 Å². The van der Waals surface area contributed by atoms with Crippen molar-refractivity contribution in [3.63, 3.8) is 0 Å². The van der Waals surface area contributed by atoms with Crippen LogP contribution in [0, 0.1) is 11.6 Å². The third-order valence-electron chi connectivity index (χ3n) is 3.73. The van der Waals surface area contributed by atoms with Crippen LogP contribution in [0.1, 0.15) is 19.4 Å². The molecule has 2 aromatic rings. The van der Waals surface area contributed by atoms with Crippen LogP contribution in [0.25, 0.3) is 0 Å². The molecular formula is C16H13F5N2O3S. The van der Waals surface area contributed by atoms with Crippen LogP contribution in [0.2, 0.25) is 0 Å². The minimum Gasteiger partial charge on any atom is -0.309 e. The number of hydrogen-bond donors (Lipinski definition) is 1. The fraction of sp³-hybridized carbons (Fsp3) is 0.250. The Kier molecular flexibility index (Phi) is 5.28. The van der Waals surface area contributed by atoms with Crippen LogP contribution >= 0.6 is 0 Å². The van der Waals surface area contributed by atoms with Gasteiger partial charge in [-0.2, -0.15) is 13.2 Å². The van der Waals surface area contributed by atoms with Crippen LogP contribution in [0.4, 0.5) is 27.8 Å². The summed E-state index contributed by atoms with van der Waals surface area (Å²) in [6.45, 7) is 1.88. The number of carbonyl (C=O) groups excluding carboxylic acids is 1. The van der Waals surface area contributed by atoms with Crippen molar-refractivity contribution in [1.82, 2.24) is 4.98 Å². The highest BCUT2D eigenvalue weighted by Gasteiger charge is 2.44. The van der Waals surface area contributed by atoms with Gasteiger partial charge >= 0.3 is 6.18 Å². The van der Waals surface area contributed by atoms with Crippen molar-refractivity contribution in [1.29, 1.82) is 0 Å². The molecule has 1 heterocycles. The molecule has 1 amide bonds. The number of rotatable bonds is 4. The Labute approximate surface area is 151 Å². The van der Waals surface area contributed by atoms with Crippen molar-refractivity contribution in [2.45, 2.75) is 29.7 Å². The average Bonchev–Trinajstić information content (AvgIpc) is 2.53. The van der Waals surface area contributed by atoms with Gasteiger partial charge < -0.3 is 5.32 Å². The van der Waals surface area contributed by atoms with Crippen LogP contribution in [0.3, 0.4) is 0 Å². The van der Waals surface area contributed by atoms with Gasteiger partial charge in [-0.25, -0.2) is 22.2 Å². The van der Waals surface area contributed by atoms with E-state index in [4.69, 9.17) is 0 Å². The molecule has 0 spiro atoms. The zero-order chi connectivity index (χ0) is 20.6. The number of halogens is 5. The summed E-state index contributed by atoms with van der Waals surface area (Å²) in [6, 6.07) is 2.91. The van der Waals surface area contributed by atoms with Crippen LogP contribution in [-0.4, -0.2) is 24.1 Å². The highest BCUT2D eigenvalue weighted by Crippen LogP contribution is 2.31. The summed E-state index contributed by atoms with van der Waals surface area (Å²) in [5.41, 5.74) is -1.10. The summed E-state index contributed by atoms with van der Waals surface area (Å²) in [5.74, 6) is -4.18. The second kappa shape index (κ2) is 6.87. The van der Waals surface area contributed by atoms with Gasteiger partial charge in [0.1, 0.15) is 27.1 Å². The lowest BCUT2D eigenvalue weighted by Gasteiger charge is -2.24. The second-order valence-electron chi connectivity index (χ2n) is 5.97. The molecule has 0 saturated heterocycles. The Morgan fingerprint density at radius 3 is 2.26 bits per heavy atom. The van der Waals surface area contributed by atoms with Gasteiger partial charge in [-0.15, -0.1) is 0 Å². The highest BCUT2D eigenvalue weighted by atomic mass is 32.2. The van der Waals surface area contributed by atoms with E-state index in [2.05, 4.69) is 4.98 Å². The fourth-order valence-corrected chi connectivity index (χ4v) is 3.44. The van der Waals surface area contributed by atoms with E-state index in [1.807, 2.05) is 5.32 Å². The summed E-state index contributed by atoms with van der Waals surface area (Å²) in [6.07, 6.45) is -3.90. The minimum absolute atomic E-state index is 0.342. The van der Waals surface area contributed by atoms with Gasteiger partial charge in [0.05, 0.1) is 5.56 Å². The highest BCUT2D eigenvalue weighted by molar-refractivity contribution is 7.93. The normalized spacial score (nSPS) is 12.7. The van der Waals surface area contributed by atoms with Gasteiger partial charge in [0.2, 0.25) is 5.91 Å². The summed E-state index contributed by atoms with van der Waals surface area (Å²) < 4.78 is 88.0. The Morgan fingerprint density at radius 2 is 1.70 bits per heavy atom. The number of sulfone groups is 1. The fourth-order valence-electron chi connectivity index (χ4n) is 2.03. The third kappa shape index (κ3) is 4.07. The smallest absolute Gasteiger partial charge is 0.309 e. The number of hydrogen-bond acceptors (Lipinski definition) is 4. The van der Waals surface area contributed by atoms with E-state index in [-0.39, 0.29) is 0 Å². The van der Waals surface area contributed by atoms with Gasteiger partial charge in [-0.05, 0) is 38.1 Å². The first kappa shape index (κ1) is 20.7. The lowest BCUT2D eigenvalue weighted by molar-refractivity contribution is -0.137. The van der Waals surface area contributed by atoms with E-state index < -0.39 is 54.6 Å². The van der Waals surface area contributed by atoms with E-state index in [1.165, 1.54) is 0 Å². The molecule has 0 saturated carbocycles. The van der Waals surface area contributed by atoms with Crippen molar-refractivity contribution in [3.05, 3.63) is 53.7 Å². The predicted octanol–water partition coefficient (Wildman–Crippen LogP) is 3.57. The van der Waals surface area contributed by atoms with E-state index >= 15 is 0 Å². The Hall–Kier alpha value is -2.56. The molecule has 0 aliphatic carbocycles. The Bertz CT molecular complexity index is 988. The summed E-state index contributed by atoms with van der Waals surface area (Å²) >= 11 is 0. The molecule has 5 nitrogen and oxygen atoms in total. The van der Waals surface area contributed by atoms with Gasteiger partial charge in [0.15, 0.2) is 9.84 Å². The first-order valence-corrected chi connectivity index (χ1v) is 8.79. The largest absolute Gasteiger partial charge is 0.416 e. The SMILES string of the molecule is CC(C)(C(=O)Nc1cc(C(F)(F)F)ccn1)S(=O)(=O)c1ccc(F)cc1F. The number of nitrogens with zero attached hydrogens (tertiary/aromatic N) is 1. The molecule has 0 bridgehead atoms. The molecule has 2 rings (SSSR count). The maximum atomic E-state index is 13.9. The number of pyridine rings is 1. The molecule has 0 unspecified atom stereocenters. The third-order valence-corrected chi connectivity index (χ3v) is 6.17. The van der Waals surface area contributed by atoms with Gasteiger partial charge in [-0.3, -0.25) is 4.79 Å². The van der Waals surface area contributed by atoms with E-state index in [9.17, 15) is 35.2 Å². The van der Waals surface area contributed by atoms with E-state index in [1.54, 1.807) is 0 Å². The zero-order valence-corrected chi connectivity index (χ0v) is 14.8. The summed E-state index contributed by atoms with van der Waals surface area (Å²) in [4.78, 5) is 15.0. The number of anilines is 1. The lowest BCUT2D eigenvalue weighted by atomic mass is 10.2. The quantitative estimate of drug-likeness (QED) is 0.620. The molecule has 0 radical (unpaired) electrons. The monoisotopic (exact) mass is 408 g/mol. The Morgan fingerprint density at radius 1 is 1.07 bits per heavy atom. The van der Waals surface area contributed by atoms with Gasteiger partial charge in [0.25, 0.3) is 0 Å². The van der Waals surface area contributed by atoms with E-state index in [0.29, 0.717) is 30.3 Å². The molecule has 0 aliphatic rings. The number of amides is 1. The molecular weight excluding hydrogens is 395 g/mol. The van der Waals surface area contributed by atoms with Crippen LogP contribution in [0.15, 0.2) is 41.4 Å². The number of alkyl halides is 3. The molecule has 146 valence electrons. The molecule has 0 aliphatic heterocycles. The maximum Gasteiger partial charge on any atom is 0.416 e. The number of benzene rings is 1. The van der Waals surface area contributed by atoms with Crippen molar-refractivity contribution in [3.8, 4) is 0 Å². The molecule has 0 fully saturated rings. The van der Waals surface area contributed by atoms with Crippen molar-refractivity contribution in [2.75, 3.05) is 5.32 Å². The molecule has 1 N–H and O–H groups in total. The minimum atomic E-state index is -4.69. The van der Waals surface area contributed by atoms with Crippen molar-refractivity contribution < 1.29 is 35.2 Å². The molecule has 27 heavy (non-hydrogen) atoms. The molecule has 11 heteroatoms. The lowest BCUT2D eigenvalue weighted by Crippen LogP contribution is -2.45. The van der Waals surface area contributed by atoms with Crippen molar-refractivity contribution in [2.24, 2.45) is 0 Å². The average molecular weight is 408 g/mol. The number of carbonyl (C=O) groups is 1. The first-order chi connectivity index (χ1) is 12.3. The standard InChI is InChI=1S/C16H13F5N2O3S/c1-15(2,27(25,26)12-4-3-10(17)8-11(12)18)14(24)23-13-7-9(5-6-22-13)16(19,20)21/h3-8H,1-2H3,(H,22,23,24). The van der Waals surface area contributed by atoms with Gasteiger partial charge in [-0.1, -0.05) is 0 Å². The maximum absolute atomic E-state index is 13.9. The topological polar surface area (TPSA) is 76.1 Å². The summed E-state index contributed by atoms with van der Waals surface area (Å²) in [7, 11) is -4.65.